The molecule has 0 heterocycles. The van der Waals surface area contributed by atoms with Crippen LogP contribution in [0, 0.1) is 22.2 Å². The van der Waals surface area contributed by atoms with Crippen molar-refractivity contribution in [1.29, 1.82) is 0 Å². The van der Waals surface area contributed by atoms with Gasteiger partial charge in [0.15, 0.2) is 0 Å². The monoisotopic (exact) mass is 251 g/mol. The van der Waals surface area contributed by atoms with Crippen LogP contribution in [0.25, 0.3) is 0 Å². The summed E-state index contributed by atoms with van der Waals surface area (Å²) in [7, 11) is 0. The normalized spacial score (nSPS) is 35.5. The van der Waals surface area contributed by atoms with Crippen LogP contribution in [0.2, 0.25) is 0 Å². The lowest BCUT2D eigenvalue weighted by Crippen LogP contribution is -2.39. The van der Waals surface area contributed by atoms with Crippen molar-refractivity contribution in [2.45, 2.75) is 86.2 Å². The molecule has 2 rings (SSSR count). The quantitative estimate of drug-likeness (QED) is 0.755. The van der Waals surface area contributed by atoms with Crippen LogP contribution in [0.15, 0.2) is 0 Å². The minimum absolute atomic E-state index is 0.480. The lowest BCUT2D eigenvalue weighted by atomic mass is 9.71. The second-order valence-corrected chi connectivity index (χ2v) is 8.96. The van der Waals surface area contributed by atoms with Gasteiger partial charge in [-0.2, -0.15) is 0 Å². The average Bonchev–Trinajstić information content (AvgIpc) is 2.60. The van der Waals surface area contributed by atoms with Gasteiger partial charge in [-0.15, -0.1) is 0 Å². The van der Waals surface area contributed by atoms with Gasteiger partial charge in [-0.3, -0.25) is 0 Å². The zero-order chi connectivity index (χ0) is 13.8. The summed E-state index contributed by atoms with van der Waals surface area (Å²) in [5.74, 6) is 0.927. The molecule has 0 bridgehead atoms. The zero-order valence-corrected chi connectivity index (χ0v) is 13.6. The molecule has 0 aromatic heterocycles. The van der Waals surface area contributed by atoms with E-state index in [1.807, 2.05) is 0 Å². The molecule has 18 heavy (non-hydrogen) atoms. The topological polar surface area (TPSA) is 12.0 Å². The summed E-state index contributed by atoms with van der Waals surface area (Å²) < 4.78 is 0. The molecule has 0 unspecified atom stereocenters. The van der Waals surface area contributed by atoms with Crippen molar-refractivity contribution in [3.8, 4) is 0 Å². The van der Waals surface area contributed by atoms with Crippen LogP contribution in [0.4, 0.5) is 0 Å². The molecule has 0 aromatic rings. The van der Waals surface area contributed by atoms with Crippen molar-refractivity contribution >= 4 is 0 Å². The molecule has 0 atom stereocenters. The molecule has 0 spiro atoms. The lowest BCUT2D eigenvalue weighted by Gasteiger charge is -2.37. The molecule has 1 nitrogen and oxygen atoms in total. The highest BCUT2D eigenvalue weighted by Crippen LogP contribution is 2.63. The van der Waals surface area contributed by atoms with E-state index in [1.165, 1.54) is 25.7 Å². The summed E-state index contributed by atoms with van der Waals surface area (Å²) in [6, 6.07) is 1.50. The van der Waals surface area contributed by atoms with Crippen LogP contribution in [0.5, 0.6) is 0 Å². The maximum absolute atomic E-state index is 3.95. The molecule has 0 amide bonds. The van der Waals surface area contributed by atoms with Crippen LogP contribution >= 0.6 is 0 Å². The molecule has 2 fully saturated rings. The summed E-state index contributed by atoms with van der Waals surface area (Å²) in [4.78, 5) is 0. The van der Waals surface area contributed by atoms with Crippen molar-refractivity contribution in [3.05, 3.63) is 0 Å². The minimum Gasteiger partial charge on any atom is -0.310 e. The average molecular weight is 251 g/mol. The van der Waals surface area contributed by atoms with Crippen LogP contribution < -0.4 is 5.32 Å². The molecule has 2 saturated carbocycles. The summed E-state index contributed by atoms with van der Waals surface area (Å²) in [5.41, 5.74) is 1.46. The fraction of sp³-hybridized carbons (Fsp3) is 1.00. The molecule has 1 N–H and O–H groups in total. The molecule has 1 heteroatoms. The predicted octanol–water partition coefficient (Wildman–Crippen LogP) is 4.62. The standard InChI is InChI=1S/C17H33N/c1-15(2,3)12-8-10-13(11-9-12)18-14-16(4,5)17(14,6)7/h12-14,18H,8-11H2,1-7H3. The van der Waals surface area contributed by atoms with Crippen LogP contribution in [0.3, 0.4) is 0 Å². The zero-order valence-electron chi connectivity index (χ0n) is 13.6. The third-order valence-electron chi connectivity index (χ3n) is 6.38. The molecule has 0 aliphatic heterocycles. The Morgan fingerprint density at radius 1 is 0.833 bits per heavy atom. The van der Waals surface area contributed by atoms with E-state index in [0.717, 1.165) is 18.0 Å². The van der Waals surface area contributed by atoms with E-state index >= 15 is 0 Å². The number of hydrogen-bond acceptors (Lipinski definition) is 1. The van der Waals surface area contributed by atoms with Gasteiger partial charge < -0.3 is 5.32 Å². The van der Waals surface area contributed by atoms with Gasteiger partial charge in [0.2, 0.25) is 0 Å². The van der Waals surface area contributed by atoms with Crippen molar-refractivity contribution in [2.75, 3.05) is 0 Å². The van der Waals surface area contributed by atoms with Gasteiger partial charge in [-0.1, -0.05) is 48.5 Å². The fourth-order valence-corrected chi connectivity index (χ4v) is 3.97. The second-order valence-electron chi connectivity index (χ2n) is 8.96. The molecule has 0 aromatic carbocycles. The molecule has 106 valence electrons. The van der Waals surface area contributed by atoms with E-state index in [9.17, 15) is 0 Å². The summed E-state index contributed by atoms with van der Waals surface area (Å²) in [6.45, 7) is 16.8. The van der Waals surface area contributed by atoms with Crippen LogP contribution in [0.1, 0.15) is 74.1 Å². The predicted molar refractivity (Wildman–Crippen MR) is 79.7 cm³/mol. The Hall–Kier alpha value is -0.0400. The van der Waals surface area contributed by atoms with E-state index in [-0.39, 0.29) is 0 Å². The number of rotatable bonds is 2. The summed E-state index contributed by atoms with van der Waals surface area (Å²) >= 11 is 0. The first-order valence-corrected chi connectivity index (χ1v) is 7.83. The second kappa shape index (κ2) is 4.23. The Morgan fingerprint density at radius 3 is 1.61 bits per heavy atom. The van der Waals surface area contributed by atoms with E-state index in [2.05, 4.69) is 53.8 Å². The van der Waals surface area contributed by atoms with Gasteiger partial charge in [0, 0.05) is 12.1 Å². The fourth-order valence-electron chi connectivity index (χ4n) is 3.97. The Bertz CT molecular complexity index is 286. The van der Waals surface area contributed by atoms with Crippen LogP contribution in [-0.2, 0) is 0 Å². The first-order chi connectivity index (χ1) is 8.07. The smallest absolute Gasteiger partial charge is 0.0183 e. The largest absolute Gasteiger partial charge is 0.310 e. The van der Waals surface area contributed by atoms with Crippen LogP contribution in [-0.4, -0.2) is 12.1 Å². The molecule has 0 radical (unpaired) electrons. The van der Waals surface area contributed by atoms with E-state index in [1.54, 1.807) is 0 Å². The van der Waals surface area contributed by atoms with Gasteiger partial charge in [-0.05, 0) is 47.8 Å². The molecule has 2 aliphatic carbocycles. The van der Waals surface area contributed by atoms with Gasteiger partial charge in [0.1, 0.15) is 0 Å². The maximum Gasteiger partial charge on any atom is 0.0183 e. The Morgan fingerprint density at radius 2 is 1.28 bits per heavy atom. The molecule has 2 aliphatic rings. The van der Waals surface area contributed by atoms with E-state index < -0.39 is 0 Å². The number of hydrogen-bond donors (Lipinski definition) is 1. The van der Waals surface area contributed by atoms with E-state index in [0.29, 0.717) is 16.2 Å². The third kappa shape index (κ3) is 2.35. The van der Waals surface area contributed by atoms with Crippen molar-refractivity contribution < 1.29 is 0 Å². The Kier molecular flexibility index (Phi) is 3.38. The molecular formula is C17H33N. The Balaban J connectivity index is 1.82. The van der Waals surface area contributed by atoms with Gasteiger partial charge in [0.05, 0.1) is 0 Å². The first kappa shape index (κ1) is 14.4. The summed E-state index contributed by atoms with van der Waals surface area (Å²) in [6.07, 6.45) is 5.58. The van der Waals surface area contributed by atoms with Crippen molar-refractivity contribution in [2.24, 2.45) is 22.2 Å². The highest BCUT2D eigenvalue weighted by molar-refractivity contribution is 5.18. The first-order valence-electron chi connectivity index (χ1n) is 7.83. The maximum atomic E-state index is 3.95. The minimum atomic E-state index is 0.480. The highest BCUT2D eigenvalue weighted by atomic mass is 15.1. The molecule has 0 saturated heterocycles. The van der Waals surface area contributed by atoms with E-state index in [4.69, 9.17) is 0 Å². The van der Waals surface area contributed by atoms with Crippen molar-refractivity contribution in [1.82, 2.24) is 5.32 Å². The van der Waals surface area contributed by atoms with Gasteiger partial charge in [-0.25, -0.2) is 0 Å². The van der Waals surface area contributed by atoms with Gasteiger partial charge >= 0.3 is 0 Å². The van der Waals surface area contributed by atoms with Crippen molar-refractivity contribution in [3.63, 3.8) is 0 Å². The van der Waals surface area contributed by atoms with Gasteiger partial charge in [0.25, 0.3) is 0 Å². The number of nitrogens with one attached hydrogen (secondary N) is 1. The third-order valence-corrected chi connectivity index (χ3v) is 6.38. The summed E-state index contributed by atoms with van der Waals surface area (Å²) in [5, 5.41) is 3.95. The Labute approximate surface area is 114 Å². The highest BCUT2D eigenvalue weighted by Gasteiger charge is 2.64. The SMILES string of the molecule is CC(C)(C)C1CCC(NC2C(C)(C)C2(C)C)CC1. The molecular weight excluding hydrogens is 218 g/mol. The lowest BCUT2D eigenvalue weighted by molar-refractivity contribution is 0.158.